The van der Waals surface area contributed by atoms with Crippen LogP contribution in [0.4, 0.5) is 5.95 Å². The number of amides is 1. The second kappa shape index (κ2) is 12.1. The molecule has 5 heterocycles. The van der Waals surface area contributed by atoms with Crippen LogP contribution >= 0.6 is 0 Å². The number of amidine groups is 1. The zero-order chi connectivity index (χ0) is 30.1. The molecule has 2 atom stereocenters. The second-order valence-electron chi connectivity index (χ2n) is 12.9. The largest absolute Gasteiger partial charge is 0.387 e. The minimum atomic E-state index is 0.0197. The van der Waals surface area contributed by atoms with Crippen molar-refractivity contribution >= 4 is 28.7 Å². The fraction of sp³-hybridized carbons (Fsp3) is 0.457. The van der Waals surface area contributed by atoms with E-state index in [9.17, 15) is 4.79 Å². The van der Waals surface area contributed by atoms with Gasteiger partial charge in [-0.15, -0.1) is 0 Å². The Bertz CT molecular complexity index is 1610. The van der Waals surface area contributed by atoms with Gasteiger partial charge >= 0.3 is 0 Å². The van der Waals surface area contributed by atoms with Gasteiger partial charge in [-0.2, -0.15) is 4.99 Å². The van der Waals surface area contributed by atoms with Crippen LogP contribution in [0.3, 0.4) is 0 Å². The minimum absolute atomic E-state index is 0.0197. The predicted molar refractivity (Wildman–Crippen MR) is 173 cm³/mol. The molecule has 9 nitrogen and oxygen atoms in total. The van der Waals surface area contributed by atoms with Crippen LogP contribution in [0.1, 0.15) is 68.8 Å². The Kier molecular flexibility index (Phi) is 7.89. The lowest BCUT2D eigenvalue weighted by molar-refractivity contribution is -0.131. The van der Waals surface area contributed by atoms with Crippen LogP contribution in [-0.2, 0) is 10.2 Å². The summed E-state index contributed by atoms with van der Waals surface area (Å²) in [5.41, 5.74) is 9.94. The molecule has 4 aromatic rings. The van der Waals surface area contributed by atoms with E-state index in [1.54, 1.807) is 18.5 Å². The van der Waals surface area contributed by atoms with Crippen LogP contribution in [-0.4, -0.2) is 72.8 Å². The number of nitrogens with zero attached hydrogens (tertiary/aromatic N) is 7. The normalized spacial score (nSPS) is 23.7. The quantitative estimate of drug-likeness (QED) is 0.220. The van der Waals surface area contributed by atoms with Crippen molar-refractivity contribution in [1.29, 1.82) is 0 Å². The summed E-state index contributed by atoms with van der Waals surface area (Å²) in [6.45, 7) is 4.72. The minimum Gasteiger partial charge on any atom is -0.387 e. The molecule has 2 aromatic heterocycles. The van der Waals surface area contributed by atoms with E-state index in [1.165, 1.54) is 36.8 Å². The monoisotopic (exact) mass is 590 g/mol. The number of imidazole rings is 1. The molecule has 7 rings (SSSR count). The molecule has 9 heteroatoms. The number of piperidine rings is 2. The predicted octanol–water partition coefficient (Wildman–Crippen LogP) is 5.33. The van der Waals surface area contributed by atoms with Crippen molar-refractivity contribution in [2.75, 3.05) is 19.6 Å². The Morgan fingerprint density at radius 3 is 2.34 bits per heavy atom. The van der Waals surface area contributed by atoms with E-state index in [0.717, 1.165) is 50.2 Å². The number of likely N-dealkylation sites (tertiary alicyclic amines) is 1. The van der Waals surface area contributed by atoms with E-state index < -0.39 is 0 Å². The number of rotatable bonds is 8. The molecule has 0 saturated carbocycles. The molecule has 3 saturated heterocycles. The van der Waals surface area contributed by atoms with Gasteiger partial charge in [-0.05, 0) is 87.6 Å². The Labute approximate surface area is 259 Å². The summed E-state index contributed by atoms with van der Waals surface area (Å²) in [6.07, 6.45) is 11.3. The Balaban J connectivity index is 1.02. The fourth-order valence-corrected chi connectivity index (χ4v) is 8.23. The molecule has 0 spiro atoms. The van der Waals surface area contributed by atoms with Gasteiger partial charge in [0.25, 0.3) is 5.95 Å². The van der Waals surface area contributed by atoms with E-state index >= 15 is 0 Å². The maximum absolute atomic E-state index is 13.2. The first-order valence-electron chi connectivity index (χ1n) is 16.1. The third-order valence-electron chi connectivity index (χ3n) is 10.4. The Hall–Kier alpha value is -4.11. The lowest BCUT2D eigenvalue weighted by Gasteiger charge is -2.45. The van der Waals surface area contributed by atoms with Crippen LogP contribution < -0.4 is 5.73 Å². The van der Waals surface area contributed by atoms with E-state index in [0.29, 0.717) is 18.1 Å². The molecule has 1 amide bonds. The van der Waals surface area contributed by atoms with Crippen molar-refractivity contribution in [3.63, 3.8) is 0 Å². The van der Waals surface area contributed by atoms with Gasteiger partial charge in [0, 0.05) is 43.6 Å². The number of aliphatic imine (C=N–C) groups is 1. The molecule has 2 N–H and O–H groups in total. The summed E-state index contributed by atoms with van der Waals surface area (Å²) in [7, 11) is 0. The molecule has 2 aromatic carbocycles. The lowest BCUT2D eigenvalue weighted by atomic mass is 9.70. The van der Waals surface area contributed by atoms with Crippen molar-refractivity contribution in [2.45, 2.75) is 81.8 Å². The molecule has 0 radical (unpaired) electrons. The number of nitrogens with two attached hydrogens (primary N) is 1. The smallest absolute Gasteiger partial charge is 0.250 e. The first-order chi connectivity index (χ1) is 21.5. The zero-order valence-electron chi connectivity index (χ0n) is 25.6. The van der Waals surface area contributed by atoms with Crippen molar-refractivity contribution in [3.8, 4) is 0 Å². The average molecular weight is 591 g/mol. The molecule has 2 bridgehead atoms. The number of para-hydroxylation sites is 2. The summed E-state index contributed by atoms with van der Waals surface area (Å²) >= 11 is 0. The summed E-state index contributed by atoms with van der Waals surface area (Å²) in [4.78, 5) is 35.3. The maximum atomic E-state index is 13.2. The fourth-order valence-electron chi connectivity index (χ4n) is 8.23. The molecule has 228 valence electrons. The van der Waals surface area contributed by atoms with Crippen LogP contribution in [0.5, 0.6) is 0 Å². The number of aromatic nitrogens is 4. The Morgan fingerprint density at radius 2 is 1.61 bits per heavy atom. The SMILES string of the molecule is Cc1nc2ccccc2n1C1CC2CCC(C1)N2CCC1(c2ccccc2)CCN(C(=O)C/C(N)=N/c2ncccn2)CC1. The molecule has 3 aliphatic heterocycles. The standard InChI is InChI=1S/C35H42N8O/c1-25-39-30-10-5-6-11-31(30)43(25)29-22-27-12-13-28(23-29)42(27)21-16-35(26-8-3-2-4-9-26)14-19-41(20-15-35)33(44)24-32(36)40-34-37-17-7-18-38-34/h2-11,17-18,27-29H,12-16,19-24H2,1H3,(H2,36,37,38,40). The number of carbonyl (C=O) groups excluding carboxylic acids is 1. The second-order valence-corrected chi connectivity index (χ2v) is 12.9. The number of hydrogen-bond acceptors (Lipinski definition) is 6. The van der Waals surface area contributed by atoms with Gasteiger partial charge in [0.1, 0.15) is 11.7 Å². The van der Waals surface area contributed by atoms with Crippen LogP contribution in [0.2, 0.25) is 0 Å². The van der Waals surface area contributed by atoms with Crippen molar-refractivity contribution < 1.29 is 4.79 Å². The van der Waals surface area contributed by atoms with Crippen molar-refractivity contribution in [1.82, 2.24) is 29.3 Å². The van der Waals surface area contributed by atoms with Crippen LogP contribution in [0.25, 0.3) is 11.0 Å². The first kappa shape index (κ1) is 28.6. The van der Waals surface area contributed by atoms with Gasteiger partial charge in [0.2, 0.25) is 5.91 Å². The molecular formula is C35H42N8O. The number of aryl methyl sites for hydroxylation is 1. The topological polar surface area (TPSA) is 106 Å². The molecular weight excluding hydrogens is 548 g/mol. The molecule has 0 aliphatic carbocycles. The van der Waals surface area contributed by atoms with Gasteiger partial charge in [0.05, 0.1) is 17.5 Å². The molecule has 3 aliphatic rings. The summed E-state index contributed by atoms with van der Waals surface area (Å²) in [6, 6.07) is 23.0. The van der Waals surface area contributed by atoms with Crippen molar-refractivity contribution in [3.05, 3.63) is 84.4 Å². The number of benzene rings is 2. The van der Waals surface area contributed by atoms with Crippen LogP contribution in [0, 0.1) is 6.92 Å². The molecule has 44 heavy (non-hydrogen) atoms. The highest BCUT2D eigenvalue weighted by Gasteiger charge is 2.44. The summed E-state index contributed by atoms with van der Waals surface area (Å²) in [5, 5.41) is 0. The first-order valence-corrected chi connectivity index (χ1v) is 16.1. The highest BCUT2D eigenvalue weighted by molar-refractivity contribution is 5.99. The van der Waals surface area contributed by atoms with Gasteiger partial charge < -0.3 is 15.2 Å². The summed E-state index contributed by atoms with van der Waals surface area (Å²) < 4.78 is 2.51. The zero-order valence-corrected chi connectivity index (χ0v) is 25.6. The highest BCUT2D eigenvalue weighted by Crippen LogP contribution is 2.45. The van der Waals surface area contributed by atoms with Crippen LogP contribution in [0.15, 0.2) is 78.0 Å². The highest BCUT2D eigenvalue weighted by atomic mass is 16.2. The molecule has 2 unspecified atom stereocenters. The van der Waals surface area contributed by atoms with Gasteiger partial charge in [0.15, 0.2) is 0 Å². The number of fused-ring (bicyclic) bond motifs is 3. The van der Waals surface area contributed by atoms with Crippen molar-refractivity contribution in [2.24, 2.45) is 10.7 Å². The third-order valence-corrected chi connectivity index (χ3v) is 10.4. The third kappa shape index (κ3) is 5.61. The lowest BCUT2D eigenvalue weighted by Crippen LogP contribution is -2.49. The van der Waals surface area contributed by atoms with Gasteiger partial charge in [-0.1, -0.05) is 42.5 Å². The van der Waals surface area contributed by atoms with E-state index in [-0.39, 0.29) is 29.5 Å². The van der Waals surface area contributed by atoms with Gasteiger partial charge in [-0.25, -0.2) is 15.0 Å². The average Bonchev–Trinajstić information content (AvgIpc) is 3.51. The van der Waals surface area contributed by atoms with Gasteiger partial charge in [-0.3, -0.25) is 9.69 Å². The van der Waals surface area contributed by atoms with E-state index in [4.69, 9.17) is 10.7 Å². The maximum Gasteiger partial charge on any atom is 0.250 e. The summed E-state index contributed by atoms with van der Waals surface area (Å²) in [5.74, 6) is 1.69. The Morgan fingerprint density at radius 1 is 0.932 bits per heavy atom. The van der Waals surface area contributed by atoms with E-state index in [1.807, 2.05) is 4.90 Å². The molecule has 3 fully saturated rings. The number of carbonyl (C=O) groups is 1. The number of hydrogen-bond donors (Lipinski definition) is 1. The van der Waals surface area contributed by atoms with E-state index in [2.05, 4.69) is 85.9 Å².